The summed E-state index contributed by atoms with van der Waals surface area (Å²) in [6.07, 6.45) is 2.01. The minimum Gasteiger partial charge on any atom is -0.494 e. The highest BCUT2D eigenvalue weighted by Gasteiger charge is 2.25. The van der Waals surface area contributed by atoms with Gasteiger partial charge in [-0.25, -0.2) is 0 Å². The van der Waals surface area contributed by atoms with Crippen LogP contribution in [0.1, 0.15) is 38.3 Å². The van der Waals surface area contributed by atoms with E-state index in [1.54, 1.807) is 0 Å². The second-order valence-corrected chi connectivity index (χ2v) is 9.33. The molecule has 2 aromatic carbocycles. The predicted molar refractivity (Wildman–Crippen MR) is 130 cm³/mol. The number of hydrogen-bond donors (Lipinski definition) is 0. The van der Waals surface area contributed by atoms with Crippen molar-refractivity contribution < 1.29 is 9.53 Å². The molecule has 2 heterocycles. The van der Waals surface area contributed by atoms with Gasteiger partial charge in [0.1, 0.15) is 5.75 Å². The van der Waals surface area contributed by atoms with Crippen molar-refractivity contribution in [1.82, 2.24) is 14.7 Å². The fourth-order valence-corrected chi connectivity index (χ4v) is 4.67. The normalized spacial score (nSPS) is 17.4. The average Bonchev–Trinajstić information content (AvgIpc) is 2.82. The highest BCUT2D eigenvalue weighted by Crippen LogP contribution is 2.28. The van der Waals surface area contributed by atoms with Crippen LogP contribution in [0, 0.1) is 0 Å². The summed E-state index contributed by atoms with van der Waals surface area (Å²) in [5, 5.41) is 0. The zero-order valence-electron chi connectivity index (χ0n) is 19.8. The SMILES string of the molecule is CCCOc1ccc(-c2ccc3c(c2)CCN(CC(=O)N2CCN(C(C)C)CC2)C3)cc1. The van der Waals surface area contributed by atoms with Gasteiger partial charge >= 0.3 is 0 Å². The number of benzene rings is 2. The van der Waals surface area contributed by atoms with Gasteiger partial charge in [-0.05, 0) is 61.1 Å². The Bertz CT molecular complexity index is 902. The van der Waals surface area contributed by atoms with Crippen molar-refractivity contribution in [2.24, 2.45) is 0 Å². The Balaban J connectivity index is 1.33. The molecule has 0 radical (unpaired) electrons. The van der Waals surface area contributed by atoms with Gasteiger partial charge in [0, 0.05) is 45.3 Å². The molecule has 2 aliphatic rings. The third-order valence-corrected chi connectivity index (χ3v) is 6.71. The van der Waals surface area contributed by atoms with Gasteiger partial charge in [0.15, 0.2) is 0 Å². The van der Waals surface area contributed by atoms with Gasteiger partial charge in [-0.15, -0.1) is 0 Å². The van der Waals surface area contributed by atoms with E-state index < -0.39 is 0 Å². The van der Waals surface area contributed by atoms with Gasteiger partial charge in [-0.1, -0.05) is 37.3 Å². The maximum Gasteiger partial charge on any atom is 0.236 e. The lowest BCUT2D eigenvalue weighted by Gasteiger charge is -2.38. The van der Waals surface area contributed by atoms with Crippen LogP contribution >= 0.6 is 0 Å². The largest absolute Gasteiger partial charge is 0.494 e. The number of amides is 1. The van der Waals surface area contributed by atoms with Crippen molar-refractivity contribution in [3.05, 3.63) is 53.6 Å². The van der Waals surface area contributed by atoms with Crippen LogP contribution in [0.25, 0.3) is 11.1 Å². The van der Waals surface area contributed by atoms with Gasteiger partial charge in [-0.3, -0.25) is 14.6 Å². The lowest BCUT2D eigenvalue weighted by molar-refractivity contribution is -0.134. The molecule has 0 aromatic heterocycles. The van der Waals surface area contributed by atoms with E-state index in [9.17, 15) is 4.79 Å². The number of fused-ring (bicyclic) bond motifs is 1. The van der Waals surface area contributed by atoms with E-state index in [4.69, 9.17) is 4.74 Å². The summed E-state index contributed by atoms with van der Waals surface area (Å²) in [5.41, 5.74) is 5.22. The molecule has 1 saturated heterocycles. The molecule has 1 fully saturated rings. The first-order valence-electron chi connectivity index (χ1n) is 12.1. The van der Waals surface area contributed by atoms with Crippen molar-refractivity contribution in [1.29, 1.82) is 0 Å². The Labute approximate surface area is 193 Å². The van der Waals surface area contributed by atoms with Crippen LogP contribution in [0.2, 0.25) is 0 Å². The van der Waals surface area contributed by atoms with Crippen molar-refractivity contribution in [2.75, 3.05) is 45.9 Å². The third-order valence-electron chi connectivity index (χ3n) is 6.71. The molecule has 0 unspecified atom stereocenters. The van der Waals surface area contributed by atoms with Crippen molar-refractivity contribution in [2.45, 2.75) is 46.2 Å². The van der Waals surface area contributed by atoms with Crippen LogP contribution in [0.5, 0.6) is 5.75 Å². The standard InChI is InChI=1S/C27H37N3O2/c1-4-17-32-26-9-7-22(8-10-26)23-5-6-25-19-28(12-11-24(25)18-23)20-27(31)30-15-13-29(14-16-30)21(2)3/h5-10,18,21H,4,11-17,19-20H2,1-3H3. The molecule has 0 spiro atoms. The highest BCUT2D eigenvalue weighted by atomic mass is 16.5. The number of rotatable bonds is 7. The Kier molecular flexibility index (Phi) is 7.48. The molecule has 172 valence electrons. The van der Waals surface area contributed by atoms with Crippen LogP contribution in [0.4, 0.5) is 0 Å². The summed E-state index contributed by atoms with van der Waals surface area (Å²) in [4.78, 5) is 19.6. The summed E-state index contributed by atoms with van der Waals surface area (Å²) in [7, 11) is 0. The fraction of sp³-hybridized carbons (Fsp3) is 0.519. The minimum absolute atomic E-state index is 0.277. The molecule has 5 nitrogen and oxygen atoms in total. The second kappa shape index (κ2) is 10.5. The topological polar surface area (TPSA) is 36.0 Å². The Hall–Kier alpha value is -2.37. The van der Waals surface area contributed by atoms with E-state index in [-0.39, 0.29) is 5.91 Å². The fourth-order valence-electron chi connectivity index (χ4n) is 4.67. The minimum atomic E-state index is 0.277. The van der Waals surface area contributed by atoms with Crippen LogP contribution in [0.3, 0.4) is 0 Å². The van der Waals surface area contributed by atoms with Crippen molar-refractivity contribution in [3.8, 4) is 16.9 Å². The number of carbonyl (C=O) groups excluding carboxylic acids is 1. The number of nitrogens with zero attached hydrogens (tertiary/aromatic N) is 3. The van der Waals surface area contributed by atoms with Gasteiger partial charge in [0.2, 0.25) is 5.91 Å². The molecule has 0 atom stereocenters. The summed E-state index contributed by atoms with van der Waals surface area (Å²) < 4.78 is 5.70. The maximum absolute atomic E-state index is 12.8. The lowest BCUT2D eigenvalue weighted by atomic mass is 9.94. The number of ether oxygens (including phenoxy) is 1. The molecular weight excluding hydrogens is 398 g/mol. The average molecular weight is 436 g/mol. The van der Waals surface area contributed by atoms with Crippen LogP contribution < -0.4 is 4.74 Å². The first-order chi connectivity index (χ1) is 15.5. The van der Waals surface area contributed by atoms with Crippen molar-refractivity contribution in [3.63, 3.8) is 0 Å². The first kappa shape index (κ1) is 22.8. The maximum atomic E-state index is 12.8. The third kappa shape index (κ3) is 5.51. The molecule has 2 aliphatic heterocycles. The monoisotopic (exact) mass is 435 g/mol. The van der Waals surface area contributed by atoms with Gasteiger partial charge in [0.25, 0.3) is 0 Å². The molecule has 2 aromatic rings. The number of hydrogen-bond acceptors (Lipinski definition) is 4. The summed E-state index contributed by atoms with van der Waals surface area (Å²) >= 11 is 0. The molecule has 32 heavy (non-hydrogen) atoms. The summed E-state index contributed by atoms with van der Waals surface area (Å²) in [6, 6.07) is 15.7. The predicted octanol–water partition coefficient (Wildman–Crippen LogP) is 4.05. The highest BCUT2D eigenvalue weighted by molar-refractivity contribution is 5.78. The van der Waals surface area contributed by atoms with E-state index in [0.29, 0.717) is 12.6 Å². The molecule has 0 bridgehead atoms. The zero-order valence-corrected chi connectivity index (χ0v) is 19.8. The first-order valence-corrected chi connectivity index (χ1v) is 12.1. The summed E-state index contributed by atoms with van der Waals surface area (Å²) in [6.45, 7) is 13.3. The van der Waals surface area contributed by atoms with E-state index in [1.807, 2.05) is 4.90 Å². The van der Waals surface area contributed by atoms with Gasteiger partial charge in [0.05, 0.1) is 13.2 Å². The zero-order chi connectivity index (χ0) is 22.5. The molecule has 4 rings (SSSR count). The molecule has 0 saturated carbocycles. The van der Waals surface area contributed by atoms with E-state index in [1.165, 1.54) is 22.3 Å². The Morgan fingerprint density at radius 1 is 0.938 bits per heavy atom. The second-order valence-electron chi connectivity index (χ2n) is 9.33. The Morgan fingerprint density at radius 2 is 1.66 bits per heavy atom. The molecule has 1 amide bonds. The molecular formula is C27H37N3O2. The van der Waals surface area contributed by atoms with E-state index >= 15 is 0 Å². The van der Waals surface area contributed by atoms with Crippen LogP contribution in [0.15, 0.2) is 42.5 Å². The number of piperazine rings is 1. The lowest BCUT2D eigenvalue weighted by Crippen LogP contribution is -2.53. The van der Waals surface area contributed by atoms with Crippen LogP contribution in [-0.4, -0.2) is 72.5 Å². The van der Waals surface area contributed by atoms with Gasteiger partial charge < -0.3 is 9.64 Å². The smallest absolute Gasteiger partial charge is 0.236 e. The van der Waals surface area contributed by atoms with Gasteiger partial charge in [-0.2, -0.15) is 0 Å². The van der Waals surface area contributed by atoms with E-state index in [0.717, 1.165) is 64.5 Å². The Morgan fingerprint density at radius 3 is 2.34 bits per heavy atom. The summed E-state index contributed by atoms with van der Waals surface area (Å²) in [5.74, 6) is 1.21. The van der Waals surface area contributed by atoms with Crippen LogP contribution in [-0.2, 0) is 17.8 Å². The molecule has 0 aliphatic carbocycles. The van der Waals surface area contributed by atoms with Crippen molar-refractivity contribution >= 4 is 5.91 Å². The molecule has 5 heteroatoms. The number of carbonyl (C=O) groups is 1. The van der Waals surface area contributed by atoms with E-state index in [2.05, 4.69) is 73.0 Å². The molecule has 0 N–H and O–H groups in total. The quantitative estimate of drug-likeness (QED) is 0.657.